The van der Waals surface area contributed by atoms with Crippen molar-refractivity contribution in [1.82, 2.24) is 46.4 Å². The molecule has 2 aliphatic carbocycles. The Balaban J connectivity index is 1.24. The zero-order valence-electron chi connectivity index (χ0n) is 45.7. The van der Waals surface area contributed by atoms with Gasteiger partial charge in [-0.3, -0.25) is 38.3 Å². The molecular weight excluding hydrogens is 987 g/mol. The first kappa shape index (κ1) is 57.5. The minimum atomic E-state index is -3.99. The van der Waals surface area contributed by atoms with Gasteiger partial charge in [-0.2, -0.15) is 0 Å². The third-order valence-corrected chi connectivity index (χ3v) is 17.4. The molecular formula is C57H79N9O9S. The molecule has 1 saturated heterocycles. The molecule has 3 aromatic carbocycles. The Kier molecular flexibility index (Phi) is 17.9. The van der Waals surface area contributed by atoms with Gasteiger partial charge in [0.05, 0.1) is 23.4 Å². The predicted octanol–water partition coefficient (Wildman–Crippen LogP) is 3.43. The van der Waals surface area contributed by atoms with Gasteiger partial charge in [0.1, 0.15) is 30.2 Å². The van der Waals surface area contributed by atoms with E-state index in [1.807, 2.05) is 77.9 Å². The highest BCUT2D eigenvalue weighted by Gasteiger charge is 2.48. The van der Waals surface area contributed by atoms with Crippen molar-refractivity contribution in [2.75, 3.05) is 20.6 Å². The number of nitrogens with one attached hydrogen (secondary N) is 7. The highest BCUT2D eigenvalue weighted by atomic mass is 32.2. The summed E-state index contributed by atoms with van der Waals surface area (Å²) in [6.07, 6.45) is 3.62. The van der Waals surface area contributed by atoms with Crippen LogP contribution in [0.3, 0.4) is 0 Å². The average molecular weight is 1070 g/mol. The summed E-state index contributed by atoms with van der Waals surface area (Å²) >= 11 is 0. The Bertz CT molecular complexity index is 2770. The number of sulfonamides is 1. The summed E-state index contributed by atoms with van der Waals surface area (Å²) in [6.45, 7) is 14.5. The molecule has 3 aromatic rings. The van der Waals surface area contributed by atoms with Crippen LogP contribution < -0.4 is 36.6 Å². The maximum atomic E-state index is 15.2. The summed E-state index contributed by atoms with van der Waals surface area (Å²) in [5, 5.41) is 17.2. The minimum absolute atomic E-state index is 0.0203. The van der Waals surface area contributed by atoms with Gasteiger partial charge in [0.15, 0.2) is 0 Å². The maximum Gasteiger partial charge on any atom is 0.256 e. The molecule has 412 valence electrons. The topological polar surface area (TPSA) is 244 Å². The van der Waals surface area contributed by atoms with E-state index in [9.17, 15) is 32.4 Å². The second kappa shape index (κ2) is 23.6. The summed E-state index contributed by atoms with van der Waals surface area (Å²) in [4.78, 5) is 104. The van der Waals surface area contributed by atoms with E-state index >= 15 is 9.59 Å². The van der Waals surface area contributed by atoms with E-state index in [0.29, 0.717) is 18.4 Å². The zero-order valence-corrected chi connectivity index (χ0v) is 46.6. The lowest BCUT2D eigenvalue weighted by Gasteiger charge is -2.42. The van der Waals surface area contributed by atoms with E-state index in [4.69, 9.17) is 0 Å². The fraction of sp³-hybridized carbons (Fsp3) is 0.561. The van der Waals surface area contributed by atoms with Gasteiger partial charge in [-0.15, -0.1) is 0 Å². The summed E-state index contributed by atoms with van der Waals surface area (Å²) in [6, 6.07) is 15.7. The van der Waals surface area contributed by atoms with Crippen LogP contribution in [0.4, 0.5) is 0 Å². The van der Waals surface area contributed by atoms with E-state index in [1.54, 1.807) is 63.2 Å². The minimum Gasteiger partial charge on any atom is -0.347 e. The van der Waals surface area contributed by atoms with Crippen molar-refractivity contribution in [3.8, 4) is 0 Å². The number of rotatable bonds is 18. The number of amides is 7. The second-order valence-corrected chi connectivity index (χ2v) is 25.4. The number of fused-ring (bicyclic) bond motifs is 2. The summed E-state index contributed by atoms with van der Waals surface area (Å²) in [5.74, 6) is -4.07. The Morgan fingerprint density at radius 3 is 1.84 bits per heavy atom. The van der Waals surface area contributed by atoms with Crippen LogP contribution in [-0.2, 0) is 69.4 Å². The average Bonchev–Trinajstić information content (AvgIpc) is 4.19. The number of carbonyl (C=O) groups excluding carboxylic acids is 7. The Labute approximate surface area is 448 Å². The van der Waals surface area contributed by atoms with Crippen LogP contribution in [0.15, 0.2) is 72.8 Å². The molecule has 0 bridgehead atoms. The number of likely N-dealkylation sites (N-methyl/N-ethyl adjacent to an activating group) is 2. The zero-order chi connectivity index (χ0) is 55.4. The Hall–Kier alpha value is -6.18. The molecule has 7 N–H and O–H groups in total. The number of aryl methyl sites for hydroxylation is 1. The normalized spacial score (nSPS) is 21.6. The third-order valence-electron chi connectivity index (χ3n) is 15.6. The molecule has 2 heterocycles. The number of likely N-dealkylation sites (tertiary alicyclic amines) is 1. The maximum absolute atomic E-state index is 15.2. The first-order chi connectivity index (χ1) is 35.8. The SMILES string of the molecule is CN[C@@H](C)C(=O)N[C@H](C(=O)N1C[C@@H](c2ccc3c(c2)CN(C(=O)[C@@H](NC(=O)[C@H](C)NC)C(C)(C)C)[C@H](C(=O)N[C@@H]2CCCc4ccccc42)C3)C[C@H]1C(=O)N[C@@H](Cc1ccccc1)C(=O)NS(=O)(=O)C1CC1)C(C)(C)C. The van der Waals surface area contributed by atoms with Crippen molar-refractivity contribution in [3.05, 3.63) is 106 Å². The van der Waals surface area contributed by atoms with Gasteiger partial charge in [0, 0.05) is 31.8 Å². The molecule has 4 aliphatic rings. The monoisotopic (exact) mass is 1070 g/mol. The van der Waals surface area contributed by atoms with Crippen LogP contribution in [0.1, 0.15) is 133 Å². The molecule has 0 aromatic heterocycles. The van der Waals surface area contributed by atoms with Crippen LogP contribution in [0.5, 0.6) is 0 Å². The summed E-state index contributed by atoms with van der Waals surface area (Å²) in [5.41, 5.74) is 3.65. The van der Waals surface area contributed by atoms with E-state index < -0.39 is 104 Å². The van der Waals surface area contributed by atoms with Crippen molar-refractivity contribution in [2.24, 2.45) is 10.8 Å². The van der Waals surface area contributed by atoms with Gasteiger partial charge in [-0.1, -0.05) is 114 Å². The first-order valence-electron chi connectivity index (χ1n) is 26.8. The van der Waals surface area contributed by atoms with E-state index in [-0.39, 0.29) is 50.2 Å². The van der Waals surface area contributed by atoms with Crippen LogP contribution >= 0.6 is 0 Å². The number of nitrogens with zero attached hydrogens (tertiary/aromatic N) is 2. The lowest BCUT2D eigenvalue weighted by Crippen LogP contribution is -2.62. The van der Waals surface area contributed by atoms with Crippen molar-refractivity contribution in [2.45, 2.75) is 173 Å². The number of benzene rings is 3. The Morgan fingerprint density at radius 1 is 0.658 bits per heavy atom. The van der Waals surface area contributed by atoms with Crippen molar-refractivity contribution < 1.29 is 42.0 Å². The fourth-order valence-corrected chi connectivity index (χ4v) is 11.8. The number of hydrogen-bond acceptors (Lipinski definition) is 11. The van der Waals surface area contributed by atoms with Crippen LogP contribution in [0, 0.1) is 10.8 Å². The van der Waals surface area contributed by atoms with Crippen LogP contribution in [0.25, 0.3) is 0 Å². The van der Waals surface area contributed by atoms with E-state index in [0.717, 1.165) is 41.5 Å². The molecule has 1 saturated carbocycles. The van der Waals surface area contributed by atoms with Crippen molar-refractivity contribution >= 4 is 51.4 Å². The van der Waals surface area contributed by atoms with Gasteiger partial charge in [0.25, 0.3) is 5.91 Å². The largest absolute Gasteiger partial charge is 0.347 e. The molecule has 0 unspecified atom stereocenters. The fourth-order valence-electron chi connectivity index (χ4n) is 10.5. The molecule has 7 amide bonds. The smallest absolute Gasteiger partial charge is 0.256 e. The third kappa shape index (κ3) is 13.5. The summed E-state index contributed by atoms with van der Waals surface area (Å²) < 4.78 is 28.3. The number of carbonyl (C=O) groups is 7. The molecule has 18 nitrogen and oxygen atoms in total. The summed E-state index contributed by atoms with van der Waals surface area (Å²) in [7, 11) is -0.697. The van der Waals surface area contributed by atoms with Crippen LogP contribution in [-0.4, -0.2) is 128 Å². The lowest BCUT2D eigenvalue weighted by atomic mass is 9.83. The molecule has 2 fully saturated rings. The molecule has 0 radical (unpaired) electrons. The Morgan fingerprint density at radius 2 is 1.25 bits per heavy atom. The molecule has 0 spiro atoms. The molecule has 76 heavy (non-hydrogen) atoms. The lowest BCUT2D eigenvalue weighted by molar-refractivity contribution is -0.147. The quantitative estimate of drug-likeness (QED) is 0.0974. The van der Waals surface area contributed by atoms with E-state index in [2.05, 4.69) is 42.7 Å². The highest BCUT2D eigenvalue weighted by molar-refractivity contribution is 7.90. The number of hydrogen-bond donors (Lipinski definition) is 7. The van der Waals surface area contributed by atoms with Gasteiger partial charge < -0.3 is 41.7 Å². The molecule has 19 heteroatoms. The van der Waals surface area contributed by atoms with Crippen molar-refractivity contribution in [3.63, 3.8) is 0 Å². The second-order valence-electron chi connectivity index (χ2n) is 23.4. The highest BCUT2D eigenvalue weighted by Crippen LogP contribution is 2.38. The molecule has 2 aliphatic heterocycles. The van der Waals surface area contributed by atoms with Crippen molar-refractivity contribution in [1.29, 1.82) is 0 Å². The predicted molar refractivity (Wildman–Crippen MR) is 290 cm³/mol. The molecule has 7 rings (SSSR count). The van der Waals surface area contributed by atoms with Gasteiger partial charge in [-0.25, -0.2) is 8.42 Å². The standard InChI is InChI=1S/C57H79N9O9S/c1-33(58-9)49(67)62-47(56(3,4)5)54(72)65-31-39-28-37(23-24-38(39)29-45(65)52(70)60-43-22-16-20-36-19-14-15-21-42(36)43)40-30-46(66(32-40)55(73)48(57(6,7)8)63-50(68)34(2)59-10)53(71)61-44(27-35-17-12-11-13-18-35)51(69)64-76(74,75)41-25-26-41/h11-15,17-19,21,23-24,28,33-34,40-41,43-48,58-59H,16,20,22,25-27,29-32H2,1-10H3,(H,60,70)(H,61,71)(H,62,67)(H,63,68)(H,64,69)/t33-,34-,40-,43+,44-,45-,46-,47+,48+/m0/s1. The van der Waals surface area contributed by atoms with Gasteiger partial charge >= 0.3 is 0 Å². The first-order valence-corrected chi connectivity index (χ1v) is 28.3. The molecule has 9 atom stereocenters. The van der Waals surface area contributed by atoms with Gasteiger partial charge in [-0.05, 0) is 111 Å². The van der Waals surface area contributed by atoms with Gasteiger partial charge in [0.2, 0.25) is 45.5 Å². The van der Waals surface area contributed by atoms with E-state index in [1.165, 1.54) is 10.5 Å². The van der Waals surface area contributed by atoms with Crippen LogP contribution in [0.2, 0.25) is 0 Å².